The monoisotopic (exact) mass is 635 g/mol. The molecule has 2 aliphatic heterocycles. The Morgan fingerprint density at radius 1 is 1.16 bits per heavy atom. The molecular weight excluding hydrogens is 593 g/mol. The average Bonchev–Trinajstić information content (AvgIpc) is 3.49. The molecule has 1 saturated heterocycles. The number of nitrogens with two attached hydrogens (primary N) is 1. The van der Waals surface area contributed by atoms with Gasteiger partial charge in [-0.05, 0) is 29.4 Å². The van der Waals surface area contributed by atoms with Crippen LogP contribution in [0.1, 0.15) is 86.1 Å². The third-order valence-electron chi connectivity index (χ3n) is 7.64. The van der Waals surface area contributed by atoms with Gasteiger partial charge in [0.25, 0.3) is 5.91 Å². The van der Waals surface area contributed by atoms with Crippen LogP contribution in [-0.2, 0) is 28.8 Å². The molecule has 0 aliphatic carbocycles. The van der Waals surface area contributed by atoms with Crippen molar-refractivity contribution in [3.63, 3.8) is 0 Å². The number of benzene rings is 1. The SMILES string of the molecule is CCC[C@H](NC(=O)[C@@H]1C[C@]2(CC(c3ccc(F)c(Cl)c3)=NO2)CN1C(=O)[C@@H](NC(=O)CC(C)(C)C)C(C)(C)C)C(=O)C(N)=O. The Hall–Kier alpha value is -3.54. The van der Waals surface area contributed by atoms with E-state index in [1.165, 1.54) is 23.1 Å². The summed E-state index contributed by atoms with van der Waals surface area (Å²) in [6.45, 7) is 12.9. The fourth-order valence-corrected chi connectivity index (χ4v) is 5.65. The van der Waals surface area contributed by atoms with Crippen LogP contribution >= 0.6 is 11.6 Å². The van der Waals surface area contributed by atoms with Gasteiger partial charge < -0.3 is 26.1 Å². The number of primary amides is 1. The lowest BCUT2D eigenvalue weighted by atomic mass is 9.84. The molecule has 3 rings (SSSR count). The highest BCUT2D eigenvalue weighted by Gasteiger charge is 2.55. The van der Waals surface area contributed by atoms with Crippen LogP contribution < -0.4 is 16.4 Å². The van der Waals surface area contributed by atoms with Crippen molar-refractivity contribution >= 4 is 46.7 Å². The molecular formula is C31H43ClFN5O6. The molecule has 13 heteroatoms. The number of nitrogens with zero attached hydrogens (tertiary/aromatic N) is 2. The van der Waals surface area contributed by atoms with Crippen LogP contribution in [0.3, 0.4) is 0 Å². The number of hydrogen-bond acceptors (Lipinski definition) is 7. The summed E-state index contributed by atoms with van der Waals surface area (Å²) in [5.41, 5.74) is 4.01. The third-order valence-corrected chi connectivity index (χ3v) is 7.93. The van der Waals surface area contributed by atoms with E-state index >= 15 is 0 Å². The summed E-state index contributed by atoms with van der Waals surface area (Å²) in [6.07, 6.45) is 1.01. The van der Waals surface area contributed by atoms with Gasteiger partial charge in [-0.1, -0.05) is 77.7 Å². The molecule has 0 saturated carbocycles. The summed E-state index contributed by atoms with van der Waals surface area (Å²) >= 11 is 5.98. The molecule has 11 nitrogen and oxygen atoms in total. The van der Waals surface area contributed by atoms with Crippen molar-refractivity contribution in [3.05, 3.63) is 34.6 Å². The van der Waals surface area contributed by atoms with Gasteiger partial charge in [0.2, 0.25) is 23.5 Å². The van der Waals surface area contributed by atoms with Crippen LogP contribution in [0.15, 0.2) is 23.4 Å². The van der Waals surface area contributed by atoms with Crippen LogP contribution in [0.2, 0.25) is 5.02 Å². The highest BCUT2D eigenvalue weighted by Crippen LogP contribution is 2.40. The lowest BCUT2D eigenvalue weighted by Gasteiger charge is -2.36. The zero-order chi connectivity index (χ0) is 33.2. The maximum Gasteiger partial charge on any atom is 0.287 e. The Bertz CT molecular complexity index is 1350. The second-order valence-electron chi connectivity index (χ2n) is 14.0. The van der Waals surface area contributed by atoms with Crippen molar-refractivity contribution in [1.82, 2.24) is 15.5 Å². The first kappa shape index (κ1) is 34.9. The molecule has 2 heterocycles. The van der Waals surface area contributed by atoms with E-state index in [1.54, 1.807) is 6.92 Å². The van der Waals surface area contributed by atoms with Crippen molar-refractivity contribution in [3.8, 4) is 0 Å². The molecule has 2 aliphatic rings. The number of ketones is 1. The first-order valence-corrected chi connectivity index (χ1v) is 15.1. The van der Waals surface area contributed by atoms with E-state index in [0.717, 1.165) is 0 Å². The number of carbonyl (C=O) groups is 5. The lowest BCUT2D eigenvalue weighted by molar-refractivity contribution is -0.145. The Morgan fingerprint density at radius 2 is 1.82 bits per heavy atom. The highest BCUT2D eigenvalue weighted by molar-refractivity contribution is 6.37. The first-order valence-electron chi connectivity index (χ1n) is 14.7. The summed E-state index contributed by atoms with van der Waals surface area (Å²) in [4.78, 5) is 72.4. The Balaban J connectivity index is 1.96. The van der Waals surface area contributed by atoms with Gasteiger partial charge in [-0.3, -0.25) is 24.0 Å². The van der Waals surface area contributed by atoms with Crippen LogP contribution in [0, 0.1) is 16.6 Å². The van der Waals surface area contributed by atoms with Crippen LogP contribution in [0.4, 0.5) is 4.39 Å². The maximum atomic E-state index is 14.3. The molecule has 0 radical (unpaired) electrons. The fraction of sp³-hybridized carbons (Fsp3) is 0.613. The second kappa shape index (κ2) is 13.2. The summed E-state index contributed by atoms with van der Waals surface area (Å²) in [6, 6.07) is 0.851. The van der Waals surface area contributed by atoms with E-state index in [1.807, 2.05) is 41.5 Å². The van der Waals surface area contributed by atoms with E-state index < -0.39 is 58.5 Å². The Labute approximate surface area is 262 Å². The quantitative estimate of drug-likeness (QED) is 0.335. The zero-order valence-electron chi connectivity index (χ0n) is 26.4. The van der Waals surface area contributed by atoms with Gasteiger partial charge in [0.1, 0.15) is 17.9 Å². The van der Waals surface area contributed by atoms with Crippen LogP contribution in [0.5, 0.6) is 0 Å². The smallest absolute Gasteiger partial charge is 0.287 e. The molecule has 242 valence electrons. The van der Waals surface area contributed by atoms with E-state index in [-0.39, 0.29) is 48.6 Å². The topological polar surface area (TPSA) is 160 Å². The van der Waals surface area contributed by atoms with E-state index in [0.29, 0.717) is 17.7 Å². The van der Waals surface area contributed by atoms with Gasteiger partial charge >= 0.3 is 0 Å². The van der Waals surface area contributed by atoms with E-state index in [9.17, 15) is 28.4 Å². The summed E-state index contributed by atoms with van der Waals surface area (Å²) in [7, 11) is 0. The minimum atomic E-state index is -1.18. The first-order chi connectivity index (χ1) is 20.3. The molecule has 0 unspecified atom stereocenters. The number of halogens is 2. The van der Waals surface area contributed by atoms with Gasteiger partial charge in [0.15, 0.2) is 5.60 Å². The summed E-state index contributed by atoms with van der Waals surface area (Å²) in [5, 5.41) is 9.60. The number of likely N-dealkylation sites (tertiary alicyclic amines) is 1. The van der Waals surface area contributed by atoms with E-state index in [4.69, 9.17) is 22.2 Å². The van der Waals surface area contributed by atoms with Crippen molar-refractivity contribution in [1.29, 1.82) is 0 Å². The summed E-state index contributed by atoms with van der Waals surface area (Å²) < 4.78 is 13.8. The molecule has 44 heavy (non-hydrogen) atoms. The van der Waals surface area contributed by atoms with Crippen molar-refractivity contribution in [2.24, 2.45) is 21.7 Å². The minimum absolute atomic E-state index is 0.00288. The number of carbonyl (C=O) groups excluding carboxylic acids is 5. The normalized spacial score (nSPS) is 21.3. The molecule has 0 bridgehead atoms. The Morgan fingerprint density at radius 3 is 2.36 bits per heavy atom. The van der Waals surface area contributed by atoms with Gasteiger partial charge in [-0.2, -0.15) is 0 Å². The van der Waals surface area contributed by atoms with Gasteiger partial charge in [-0.25, -0.2) is 4.39 Å². The molecule has 1 aromatic carbocycles. The number of Topliss-reactive ketones (excluding diaryl/α,β-unsaturated/α-hetero) is 1. The lowest BCUT2D eigenvalue weighted by Crippen LogP contribution is -2.59. The molecule has 4 amide bonds. The largest absolute Gasteiger partial charge is 0.387 e. The van der Waals surface area contributed by atoms with Gasteiger partial charge in [-0.15, -0.1) is 0 Å². The van der Waals surface area contributed by atoms with Crippen LogP contribution in [0.25, 0.3) is 0 Å². The zero-order valence-corrected chi connectivity index (χ0v) is 27.1. The standard InChI is InChI=1S/C31H43ClFN5O6/c1-8-9-20(24(40)26(34)41)35-27(42)22-14-31(13-21(37-44-31)17-10-11-19(33)18(32)12-17)16-38(22)28(43)25(30(5,6)7)36-23(39)15-29(2,3)4/h10-12,20,22,25H,8-9,13-16H2,1-7H3,(H2,34,41)(H,35,42)(H,36,39)/t20-,22-,25+,31+/m0/s1. The van der Waals surface area contributed by atoms with Crippen LogP contribution in [-0.4, -0.2) is 70.3 Å². The molecule has 1 fully saturated rings. The van der Waals surface area contributed by atoms with Gasteiger partial charge in [0.05, 0.1) is 23.3 Å². The number of amides is 4. The summed E-state index contributed by atoms with van der Waals surface area (Å²) in [5.74, 6) is -4.20. The second-order valence-corrected chi connectivity index (χ2v) is 14.4. The number of nitrogens with one attached hydrogen (secondary N) is 2. The molecule has 1 spiro atoms. The van der Waals surface area contributed by atoms with Crippen molar-refractivity contribution in [2.45, 2.75) is 104 Å². The maximum absolute atomic E-state index is 14.3. The predicted octanol–water partition coefficient (Wildman–Crippen LogP) is 3.25. The minimum Gasteiger partial charge on any atom is -0.387 e. The van der Waals surface area contributed by atoms with Crippen molar-refractivity contribution in [2.75, 3.05) is 6.54 Å². The predicted molar refractivity (Wildman–Crippen MR) is 163 cm³/mol. The average molecular weight is 636 g/mol. The number of oxime groups is 1. The molecule has 1 aromatic rings. The molecule has 0 aromatic heterocycles. The van der Waals surface area contributed by atoms with Crippen molar-refractivity contribution < 1.29 is 33.2 Å². The molecule has 4 atom stereocenters. The highest BCUT2D eigenvalue weighted by atomic mass is 35.5. The fourth-order valence-electron chi connectivity index (χ4n) is 5.47. The molecule has 4 N–H and O–H groups in total. The third kappa shape index (κ3) is 8.34. The number of hydrogen-bond donors (Lipinski definition) is 3. The van der Waals surface area contributed by atoms with E-state index in [2.05, 4.69) is 15.8 Å². The van der Waals surface area contributed by atoms with Gasteiger partial charge in [0, 0.05) is 24.8 Å². The number of rotatable bonds is 10. The Kier molecular flexibility index (Phi) is 10.5.